The lowest BCUT2D eigenvalue weighted by molar-refractivity contribution is 0.0741. The van der Waals surface area contributed by atoms with Crippen LogP contribution in [0.1, 0.15) is 32.6 Å². The standard InChI is InChI=1S/C25H25ClN2O3S/c1-16-14-21(29)24(25(30)27(2)12-13-31-3)20-15-23(17-8-4-5-9-18(17)26)32-22-11-7-6-10-19(22)28(16)20/h4-11,14,23H,12-13,15H2,1-3H3/t23-/m0/s1. The molecule has 0 saturated carbocycles. The molecule has 0 N–H and O–H groups in total. The Morgan fingerprint density at radius 3 is 2.69 bits per heavy atom. The van der Waals surface area contributed by atoms with E-state index in [9.17, 15) is 9.59 Å². The van der Waals surface area contributed by atoms with Gasteiger partial charge in [0.15, 0.2) is 5.43 Å². The fraction of sp³-hybridized carbons (Fsp3) is 0.280. The van der Waals surface area contributed by atoms with E-state index in [-0.39, 0.29) is 22.1 Å². The number of hydrogen-bond acceptors (Lipinski definition) is 4. The monoisotopic (exact) mass is 468 g/mol. The van der Waals surface area contributed by atoms with Crippen LogP contribution >= 0.6 is 23.4 Å². The third kappa shape index (κ3) is 4.22. The van der Waals surface area contributed by atoms with Crippen LogP contribution in [0.5, 0.6) is 0 Å². The van der Waals surface area contributed by atoms with E-state index < -0.39 is 0 Å². The summed E-state index contributed by atoms with van der Waals surface area (Å²) in [6, 6.07) is 17.4. The van der Waals surface area contributed by atoms with Gasteiger partial charge >= 0.3 is 0 Å². The molecule has 1 aromatic heterocycles. The van der Waals surface area contributed by atoms with Crippen molar-refractivity contribution in [1.29, 1.82) is 0 Å². The fourth-order valence-corrected chi connectivity index (χ4v) is 5.74. The van der Waals surface area contributed by atoms with Gasteiger partial charge in [-0.15, -0.1) is 11.8 Å². The van der Waals surface area contributed by atoms with Gasteiger partial charge in [-0.1, -0.05) is 41.9 Å². The fourth-order valence-electron chi connectivity index (χ4n) is 4.09. The lowest BCUT2D eigenvalue weighted by atomic mass is 10.0. The number of aromatic nitrogens is 1. The van der Waals surface area contributed by atoms with E-state index in [1.54, 1.807) is 36.9 Å². The second kappa shape index (κ2) is 9.53. The number of ether oxygens (including phenoxy) is 1. The van der Waals surface area contributed by atoms with E-state index in [0.29, 0.717) is 30.3 Å². The first-order valence-corrected chi connectivity index (χ1v) is 11.7. The van der Waals surface area contributed by atoms with E-state index in [1.807, 2.05) is 49.4 Å². The number of thioether (sulfide) groups is 1. The molecule has 0 unspecified atom stereocenters. The van der Waals surface area contributed by atoms with Crippen LogP contribution in [-0.2, 0) is 11.2 Å². The molecule has 5 nitrogen and oxygen atoms in total. The topological polar surface area (TPSA) is 51.5 Å². The van der Waals surface area contributed by atoms with Gasteiger partial charge < -0.3 is 14.2 Å². The smallest absolute Gasteiger partial charge is 0.259 e. The molecule has 1 aliphatic rings. The summed E-state index contributed by atoms with van der Waals surface area (Å²) < 4.78 is 7.17. The lowest BCUT2D eigenvalue weighted by Crippen LogP contribution is -2.36. The minimum Gasteiger partial charge on any atom is -0.383 e. The van der Waals surface area contributed by atoms with Crippen molar-refractivity contribution >= 4 is 29.3 Å². The number of benzene rings is 2. The maximum absolute atomic E-state index is 13.4. The van der Waals surface area contributed by atoms with Crippen LogP contribution in [0.15, 0.2) is 64.3 Å². The highest BCUT2D eigenvalue weighted by molar-refractivity contribution is 7.99. The molecule has 166 valence electrons. The molecule has 4 rings (SSSR count). The molecule has 2 aromatic carbocycles. The normalized spacial score (nSPS) is 14.9. The minimum absolute atomic E-state index is 0.0457. The van der Waals surface area contributed by atoms with Gasteiger partial charge in [-0.05, 0) is 30.7 Å². The third-order valence-corrected chi connectivity index (χ3v) is 7.34. The second-order valence-electron chi connectivity index (χ2n) is 7.83. The number of nitrogens with zero attached hydrogens (tertiary/aromatic N) is 2. The molecule has 0 aliphatic carbocycles. The molecule has 32 heavy (non-hydrogen) atoms. The van der Waals surface area contributed by atoms with Crippen molar-refractivity contribution in [2.75, 3.05) is 27.3 Å². The number of carbonyl (C=O) groups excluding carboxylic acids is 1. The van der Waals surface area contributed by atoms with Gasteiger partial charge in [0, 0.05) is 59.7 Å². The van der Waals surface area contributed by atoms with E-state index in [2.05, 4.69) is 10.6 Å². The van der Waals surface area contributed by atoms with Crippen LogP contribution in [0.4, 0.5) is 0 Å². The predicted octanol–water partition coefficient (Wildman–Crippen LogP) is 4.91. The van der Waals surface area contributed by atoms with Gasteiger partial charge in [-0.3, -0.25) is 9.59 Å². The summed E-state index contributed by atoms with van der Waals surface area (Å²) in [5, 5.41) is 0.631. The van der Waals surface area contributed by atoms with Crippen LogP contribution < -0.4 is 5.43 Å². The van der Waals surface area contributed by atoms with Gasteiger partial charge in [-0.25, -0.2) is 0 Å². The summed E-state index contributed by atoms with van der Waals surface area (Å²) in [6.45, 7) is 2.71. The van der Waals surface area contributed by atoms with Crippen LogP contribution in [-0.4, -0.2) is 42.7 Å². The lowest BCUT2D eigenvalue weighted by Gasteiger charge is -2.23. The molecule has 0 spiro atoms. The maximum atomic E-state index is 13.4. The molecule has 3 aromatic rings. The summed E-state index contributed by atoms with van der Waals surface area (Å²) in [6.07, 6.45) is 0.499. The maximum Gasteiger partial charge on any atom is 0.259 e. The number of para-hydroxylation sites is 1. The number of hydrogen-bond donors (Lipinski definition) is 0. The van der Waals surface area contributed by atoms with Crippen LogP contribution in [0.2, 0.25) is 5.02 Å². The average Bonchev–Trinajstić information content (AvgIpc) is 2.94. The number of pyridine rings is 1. The van der Waals surface area contributed by atoms with Crippen molar-refractivity contribution in [3.63, 3.8) is 0 Å². The SMILES string of the molecule is COCCN(C)C(=O)c1c2n(c(C)cc1=O)-c1ccccc1S[C@H](c1ccccc1Cl)C2. The first-order valence-electron chi connectivity index (χ1n) is 10.4. The zero-order chi connectivity index (χ0) is 22.8. The molecule has 1 amide bonds. The Kier molecular flexibility index (Phi) is 6.74. The molecular formula is C25H25ClN2O3S. The largest absolute Gasteiger partial charge is 0.383 e. The van der Waals surface area contributed by atoms with Gasteiger partial charge in [0.05, 0.1) is 12.3 Å². The van der Waals surface area contributed by atoms with Crippen LogP contribution in [0.25, 0.3) is 5.69 Å². The Bertz CT molecular complexity index is 1220. The summed E-state index contributed by atoms with van der Waals surface area (Å²) in [5.74, 6) is -0.293. The minimum atomic E-state index is -0.293. The Morgan fingerprint density at radius 2 is 1.94 bits per heavy atom. The number of carbonyl (C=O) groups is 1. The Morgan fingerprint density at radius 1 is 1.22 bits per heavy atom. The second-order valence-corrected chi connectivity index (χ2v) is 9.48. The molecule has 7 heteroatoms. The number of aryl methyl sites for hydroxylation is 1. The number of halogens is 1. The molecule has 2 heterocycles. The summed E-state index contributed by atoms with van der Waals surface area (Å²) in [4.78, 5) is 29.2. The first-order chi connectivity index (χ1) is 15.4. The summed E-state index contributed by atoms with van der Waals surface area (Å²) >= 11 is 8.27. The van der Waals surface area contributed by atoms with E-state index in [0.717, 1.165) is 21.8 Å². The zero-order valence-electron chi connectivity index (χ0n) is 18.3. The highest BCUT2D eigenvalue weighted by Crippen LogP contribution is 2.45. The number of rotatable bonds is 5. The van der Waals surface area contributed by atoms with Gasteiger partial charge in [0.2, 0.25) is 0 Å². The zero-order valence-corrected chi connectivity index (χ0v) is 19.9. The average molecular weight is 469 g/mol. The number of amides is 1. The van der Waals surface area contributed by atoms with Crippen molar-refractivity contribution < 1.29 is 9.53 Å². The van der Waals surface area contributed by atoms with Gasteiger partial charge in [0.1, 0.15) is 5.56 Å². The summed E-state index contributed by atoms with van der Waals surface area (Å²) in [7, 11) is 3.29. The summed E-state index contributed by atoms with van der Waals surface area (Å²) in [5.41, 5.74) is 3.42. The number of methoxy groups -OCH3 is 1. The predicted molar refractivity (Wildman–Crippen MR) is 129 cm³/mol. The highest BCUT2D eigenvalue weighted by Gasteiger charge is 2.30. The molecule has 0 saturated heterocycles. The van der Waals surface area contributed by atoms with Gasteiger partial charge in [-0.2, -0.15) is 0 Å². The van der Waals surface area contributed by atoms with Gasteiger partial charge in [0.25, 0.3) is 5.91 Å². The highest BCUT2D eigenvalue weighted by atomic mass is 35.5. The van der Waals surface area contributed by atoms with Crippen molar-refractivity contribution in [1.82, 2.24) is 9.47 Å². The molecule has 1 atom stereocenters. The van der Waals surface area contributed by atoms with E-state index >= 15 is 0 Å². The van der Waals surface area contributed by atoms with E-state index in [4.69, 9.17) is 16.3 Å². The molecule has 0 radical (unpaired) electrons. The quantitative estimate of drug-likeness (QED) is 0.534. The van der Waals surface area contributed by atoms with Crippen molar-refractivity contribution in [3.05, 3.63) is 92.4 Å². The Balaban J connectivity index is 1.95. The number of likely N-dealkylation sites (N-methyl/N-ethyl adjacent to an activating group) is 1. The Labute approximate surface area is 197 Å². The van der Waals surface area contributed by atoms with Crippen LogP contribution in [0.3, 0.4) is 0 Å². The third-order valence-electron chi connectivity index (χ3n) is 5.70. The van der Waals surface area contributed by atoms with Crippen molar-refractivity contribution in [3.8, 4) is 5.69 Å². The Hall–Kier alpha value is -2.54. The first kappa shape index (κ1) is 22.6. The molecule has 1 aliphatic heterocycles. The number of fused-ring (bicyclic) bond motifs is 3. The van der Waals surface area contributed by atoms with Crippen LogP contribution in [0, 0.1) is 6.92 Å². The van der Waals surface area contributed by atoms with Crippen molar-refractivity contribution in [2.24, 2.45) is 0 Å². The molecule has 0 bridgehead atoms. The molecule has 0 fully saturated rings. The molecular weight excluding hydrogens is 444 g/mol. The van der Waals surface area contributed by atoms with E-state index in [1.165, 1.54) is 0 Å². The van der Waals surface area contributed by atoms with Crippen molar-refractivity contribution in [2.45, 2.75) is 23.5 Å².